The zero-order chi connectivity index (χ0) is 12.8. The van der Waals surface area contributed by atoms with Crippen molar-refractivity contribution in [2.45, 2.75) is 71.1 Å². The number of esters is 1. The molecule has 0 heterocycles. The molecule has 0 aromatic heterocycles. The van der Waals surface area contributed by atoms with Gasteiger partial charge in [0.25, 0.3) is 0 Å². The van der Waals surface area contributed by atoms with Crippen LogP contribution in [0.2, 0.25) is 0 Å². The van der Waals surface area contributed by atoms with Gasteiger partial charge < -0.3 is 9.84 Å². The molecule has 0 aromatic carbocycles. The molecule has 0 rings (SSSR count). The molecule has 0 unspecified atom stereocenters. The van der Waals surface area contributed by atoms with E-state index >= 15 is 0 Å². The third kappa shape index (κ3) is 16.4. The van der Waals surface area contributed by atoms with Crippen molar-refractivity contribution in [3.63, 3.8) is 0 Å². The van der Waals surface area contributed by atoms with Gasteiger partial charge in [-0.3, -0.25) is 4.79 Å². The molecule has 0 saturated heterocycles. The maximum atomic E-state index is 11.1. The Morgan fingerprint density at radius 3 is 2.06 bits per heavy atom. The van der Waals surface area contributed by atoms with Gasteiger partial charge in [0.15, 0.2) is 0 Å². The average Bonchev–Trinajstić information content (AvgIpc) is 2.34. The molecule has 0 amide bonds. The van der Waals surface area contributed by atoms with Crippen LogP contribution in [0.5, 0.6) is 0 Å². The topological polar surface area (TPSA) is 46.5 Å². The molecule has 1 radical (unpaired) electrons. The summed E-state index contributed by atoms with van der Waals surface area (Å²) >= 11 is 0. The number of hydrogen-bond acceptors (Lipinski definition) is 3. The van der Waals surface area contributed by atoms with E-state index in [-0.39, 0.29) is 42.1 Å². The van der Waals surface area contributed by atoms with Gasteiger partial charge in [0, 0.05) is 42.6 Å². The quantitative estimate of drug-likeness (QED) is 0.336. The van der Waals surface area contributed by atoms with Crippen molar-refractivity contribution in [3.8, 4) is 0 Å². The minimum absolute atomic E-state index is 0. The van der Waals surface area contributed by atoms with Crippen LogP contribution in [0.15, 0.2) is 0 Å². The maximum Gasteiger partial charge on any atom is 0.305 e. The number of unbranched alkanes of at least 4 members (excludes halogenated alkanes) is 7. The average molecular weight is 267 g/mol. The van der Waals surface area contributed by atoms with Crippen molar-refractivity contribution < 1.29 is 14.6 Å². The summed E-state index contributed by atoms with van der Waals surface area (Å²) in [6.45, 7) is 2.83. The monoisotopic (exact) mass is 267 g/mol. The Morgan fingerprint density at radius 2 is 1.50 bits per heavy atom. The summed E-state index contributed by atoms with van der Waals surface area (Å²) in [7, 11) is 0. The fraction of sp³-hybridized carbons (Fsp3) is 0.929. The largest absolute Gasteiger partial charge is 0.466 e. The van der Waals surface area contributed by atoms with Gasteiger partial charge in [-0.25, -0.2) is 0 Å². The number of carbonyl (C=O) groups is 1. The number of hydrogen-bond donors (Lipinski definition) is 1. The summed E-state index contributed by atoms with van der Waals surface area (Å²) in [4.78, 5) is 11.1. The molecule has 0 fully saturated rings. The van der Waals surface area contributed by atoms with Crippen molar-refractivity contribution in [3.05, 3.63) is 0 Å². The van der Waals surface area contributed by atoms with E-state index in [2.05, 4.69) is 6.92 Å². The first-order valence-corrected chi connectivity index (χ1v) is 7.07. The number of carbonyl (C=O) groups excluding carboxylic acids is 1. The zero-order valence-corrected chi connectivity index (χ0v) is 14.2. The summed E-state index contributed by atoms with van der Waals surface area (Å²) in [6, 6.07) is 0. The van der Waals surface area contributed by atoms with E-state index in [1.165, 1.54) is 38.5 Å². The predicted molar refractivity (Wildman–Crippen MR) is 75.6 cm³/mol. The fourth-order valence-electron chi connectivity index (χ4n) is 1.72. The van der Waals surface area contributed by atoms with E-state index in [0.29, 0.717) is 19.4 Å². The standard InChI is InChI=1S/C14H28O3.Na/c1-2-3-4-5-6-7-8-9-13-17-14(16)11-10-12-15;/h15H,2-13H2,1H3;. The molecular weight excluding hydrogens is 239 g/mol. The predicted octanol–water partition coefficient (Wildman–Crippen LogP) is 3.06. The molecule has 3 nitrogen and oxygen atoms in total. The molecule has 0 saturated carbocycles. The van der Waals surface area contributed by atoms with Gasteiger partial charge in [0.05, 0.1) is 6.61 Å². The normalized spacial score (nSPS) is 9.89. The van der Waals surface area contributed by atoms with Crippen molar-refractivity contribution >= 4 is 35.5 Å². The number of rotatable bonds is 12. The second-order valence-corrected chi connectivity index (χ2v) is 4.52. The molecule has 0 aliphatic carbocycles. The molecule has 0 bridgehead atoms. The van der Waals surface area contributed by atoms with Gasteiger partial charge in [-0.15, -0.1) is 0 Å². The first-order valence-electron chi connectivity index (χ1n) is 7.07. The molecule has 0 atom stereocenters. The van der Waals surface area contributed by atoms with Crippen LogP contribution >= 0.6 is 0 Å². The molecule has 18 heavy (non-hydrogen) atoms. The third-order valence-corrected chi connectivity index (χ3v) is 2.80. The molecular formula is C14H28NaO3. The molecule has 4 heteroatoms. The van der Waals surface area contributed by atoms with Crippen LogP contribution in [0.4, 0.5) is 0 Å². The van der Waals surface area contributed by atoms with Gasteiger partial charge in [0.1, 0.15) is 0 Å². The van der Waals surface area contributed by atoms with Gasteiger partial charge >= 0.3 is 5.97 Å². The summed E-state index contributed by atoms with van der Waals surface area (Å²) in [5.41, 5.74) is 0. The van der Waals surface area contributed by atoms with Crippen LogP contribution in [-0.2, 0) is 9.53 Å². The van der Waals surface area contributed by atoms with E-state index in [9.17, 15) is 4.79 Å². The first-order chi connectivity index (χ1) is 8.31. The molecule has 1 N–H and O–H groups in total. The van der Waals surface area contributed by atoms with Crippen LogP contribution in [-0.4, -0.2) is 53.8 Å². The summed E-state index contributed by atoms with van der Waals surface area (Å²) in [6.07, 6.45) is 10.9. The summed E-state index contributed by atoms with van der Waals surface area (Å²) in [5, 5.41) is 8.54. The smallest absolute Gasteiger partial charge is 0.305 e. The Morgan fingerprint density at radius 1 is 0.944 bits per heavy atom. The van der Waals surface area contributed by atoms with Crippen LogP contribution in [0.3, 0.4) is 0 Å². The second-order valence-electron chi connectivity index (χ2n) is 4.52. The molecule has 103 valence electrons. The van der Waals surface area contributed by atoms with Crippen molar-refractivity contribution in [1.82, 2.24) is 0 Å². The molecule has 0 aliphatic rings. The minimum Gasteiger partial charge on any atom is -0.466 e. The Bertz CT molecular complexity index is 174. The van der Waals surface area contributed by atoms with Gasteiger partial charge in [-0.05, 0) is 12.8 Å². The maximum absolute atomic E-state index is 11.1. The van der Waals surface area contributed by atoms with Crippen LogP contribution in [0.1, 0.15) is 71.1 Å². The number of ether oxygens (including phenoxy) is 1. The third-order valence-electron chi connectivity index (χ3n) is 2.80. The Kier molecular flexibility index (Phi) is 20.1. The minimum atomic E-state index is -0.179. The fourth-order valence-corrected chi connectivity index (χ4v) is 1.72. The van der Waals surface area contributed by atoms with E-state index in [4.69, 9.17) is 9.84 Å². The van der Waals surface area contributed by atoms with Gasteiger partial charge in [0.2, 0.25) is 0 Å². The SMILES string of the molecule is CCCCCCCCCCOC(=O)CCCO.[Na]. The van der Waals surface area contributed by atoms with Crippen LogP contribution < -0.4 is 0 Å². The number of aliphatic hydroxyl groups is 1. The Balaban J connectivity index is 0. The Labute approximate surface area is 134 Å². The molecule has 0 aliphatic heterocycles. The van der Waals surface area contributed by atoms with Crippen LogP contribution in [0, 0.1) is 0 Å². The van der Waals surface area contributed by atoms with Crippen molar-refractivity contribution in [2.75, 3.05) is 13.2 Å². The van der Waals surface area contributed by atoms with Crippen LogP contribution in [0.25, 0.3) is 0 Å². The van der Waals surface area contributed by atoms with Gasteiger partial charge in [-0.1, -0.05) is 51.9 Å². The molecule has 0 aromatic rings. The van der Waals surface area contributed by atoms with Gasteiger partial charge in [-0.2, -0.15) is 0 Å². The van der Waals surface area contributed by atoms with E-state index in [1.807, 2.05) is 0 Å². The Hall–Kier alpha value is 0.430. The summed E-state index contributed by atoms with van der Waals surface area (Å²) in [5.74, 6) is -0.179. The second kappa shape index (κ2) is 17.4. The van der Waals surface area contributed by atoms with E-state index in [0.717, 1.165) is 12.8 Å². The molecule has 0 spiro atoms. The van der Waals surface area contributed by atoms with E-state index < -0.39 is 0 Å². The number of aliphatic hydroxyl groups excluding tert-OH is 1. The first kappa shape index (κ1) is 20.7. The van der Waals surface area contributed by atoms with Crippen molar-refractivity contribution in [2.24, 2.45) is 0 Å². The van der Waals surface area contributed by atoms with E-state index in [1.54, 1.807) is 0 Å². The summed E-state index contributed by atoms with van der Waals surface area (Å²) < 4.78 is 5.04. The van der Waals surface area contributed by atoms with Crippen molar-refractivity contribution in [1.29, 1.82) is 0 Å². The zero-order valence-electron chi connectivity index (χ0n) is 12.2.